The summed E-state index contributed by atoms with van der Waals surface area (Å²) in [5.74, 6) is 1.00. The molecule has 0 aliphatic carbocycles. The molecule has 1 saturated heterocycles. The summed E-state index contributed by atoms with van der Waals surface area (Å²) < 4.78 is 5.39. The summed E-state index contributed by atoms with van der Waals surface area (Å²) in [5, 5.41) is 4.30. The molecule has 0 radical (unpaired) electrons. The van der Waals surface area contributed by atoms with Gasteiger partial charge in [-0.1, -0.05) is 0 Å². The maximum atomic E-state index is 5.39. The minimum atomic E-state index is 0.767. The molecule has 0 unspecified atom stereocenters. The monoisotopic (exact) mass is 309 g/mol. The van der Waals surface area contributed by atoms with E-state index in [0.29, 0.717) is 0 Å². The SMILES string of the molecule is CNc1c[nH]c2nccc(-c3ccc(N4CCOCC4)nc3)c12. The largest absolute Gasteiger partial charge is 0.386 e. The van der Waals surface area contributed by atoms with E-state index in [1.54, 1.807) is 0 Å². The lowest BCUT2D eigenvalue weighted by Gasteiger charge is -2.27. The van der Waals surface area contributed by atoms with Crippen molar-refractivity contribution in [2.75, 3.05) is 43.6 Å². The maximum Gasteiger partial charge on any atom is 0.140 e. The van der Waals surface area contributed by atoms with Crippen LogP contribution >= 0.6 is 0 Å². The van der Waals surface area contributed by atoms with Gasteiger partial charge >= 0.3 is 0 Å². The molecule has 0 saturated carbocycles. The number of pyridine rings is 2. The molecule has 0 spiro atoms. The zero-order valence-corrected chi connectivity index (χ0v) is 13.0. The first-order chi connectivity index (χ1) is 11.4. The molecule has 6 nitrogen and oxygen atoms in total. The van der Waals surface area contributed by atoms with Crippen molar-refractivity contribution in [3.05, 3.63) is 36.8 Å². The Hall–Kier alpha value is -2.60. The van der Waals surface area contributed by atoms with Crippen molar-refractivity contribution < 1.29 is 4.74 Å². The molecule has 2 N–H and O–H groups in total. The number of anilines is 2. The maximum absolute atomic E-state index is 5.39. The number of rotatable bonds is 3. The van der Waals surface area contributed by atoms with Gasteiger partial charge in [0.1, 0.15) is 11.5 Å². The number of fused-ring (bicyclic) bond motifs is 1. The highest BCUT2D eigenvalue weighted by Gasteiger charge is 2.14. The Morgan fingerprint density at radius 2 is 2.04 bits per heavy atom. The Morgan fingerprint density at radius 1 is 1.17 bits per heavy atom. The second-order valence-corrected chi connectivity index (χ2v) is 5.54. The lowest BCUT2D eigenvalue weighted by Crippen LogP contribution is -2.36. The van der Waals surface area contributed by atoms with E-state index in [2.05, 4.69) is 37.3 Å². The molecular weight excluding hydrogens is 290 g/mol. The van der Waals surface area contributed by atoms with Crippen molar-refractivity contribution in [1.29, 1.82) is 0 Å². The zero-order valence-electron chi connectivity index (χ0n) is 13.0. The van der Waals surface area contributed by atoms with Crippen LogP contribution in [-0.4, -0.2) is 48.3 Å². The Kier molecular flexibility index (Phi) is 3.59. The van der Waals surface area contributed by atoms with E-state index in [1.165, 1.54) is 0 Å². The van der Waals surface area contributed by atoms with Gasteiger partial charge in [-0.15, -0.1) is 0 Å². The summed E-state index contributed by atoms with van der Waals surface area (Å²) in [4.78, 5) is 14.5. The van der Waals surface area contributed by atoms with Crippen LogP contribution in [0.25, 0.3) is 22.2 Å². The number of nitrogens with zero attached hydrogens (tertiary/aromatic N) is 3. The van der Waals surface area contributed by atoms with E-state index in [9.17, 15) is 0 Å². The zero-order chi connectivity index (χ0) is 15.6. The van der Waals surface area contributed by atoms with Gasteiger partial charge in [-0.05, 0) is 23.8 Å². The fourth-order valence-corrected chi connectivity index (χ4v) is 3.02. The molecule has 0 atom stereocenters. The minimum absolute atomic E-state index is 0.767. The molecule has 3 aromatic rings. The first-order valence-electron chi connectivity index (χ1n) is 7.80. The standard InChI is InChI=1S/C17H19N5O/c1-18-14-11-21-17-16(14)13(4-5-19-17)12-2-3-15(20-10-12)22-6-8-23-9-7-22/h2-5,10-11,18H,6-9H2,1H3,(H,19,21). The van der Waals surface area contributed by atoms with Gasteiger partial charge in [0, 0.05) is 49.7 Å². The summed E-state index contributed by atoms with van der Waals surface area (Å²) in [5.41, 5.74) is 4.14. The molecular formula is C17H19N5O. The van der Waals surface area contributed by atoms with E-state index in [-0.39, 0.29) is 0 Å². The van der Waals surface area contributed by atoms with Gasteiger partial charge in [0.2, 0.25) is 0 Å². The van der Waals surface area contributed by atoms with E-state index >= 15 is 0 Å². The van der Waals surface area contributed by atoms with Crippen LogP contribution in [-0.2, 0) is 4.74 Å². The quantitative estimate of drug-likeness (QED) is 0.778. The highest BCUT2D eigenvalue weighted by Crippen LogP contribution is 2.32. The second kappa shape index (κ2) is 5.89. The third kappa shape index (κ3) is 2.51. The van der Waals surface area contributed by atoms with Crippen LogP contribution in [0.5, 0.6) is 0 Å². The Balaban J connectivity index is 1.72. The molecule has 23 heavy (non-hydrogen) atoms. The van der Waals surface area contributed by atoms with Gasteiger partial charge in [-0.3, -0.25) is 0 Å². The Morgan fingerprint density at radius 3 is 2.78 bits per heavy atom. The van der Waals surface area contributed by atoms with Crippen molar-refractivity contribution in [2.24, 2.45) is 0 Å². The highest BCUT2D eigenvalue weighted by molar-refractivity contribution is 6.02. The van der Waals surface area contributed by atoms with E-state index in [1.807, 2.05) is 31.7 Å². The summed E-state index contributed by atoms with van der Waals surface area (Å²) in [6, 6.07) is 6.24. The summed E-state index contributed by atoms with van der Waals surface area (Å²) in [6.45, 7) is 3.33. The van der Waals surface area contributed by atoms with Crippen molar-refractivity contribution >= 4 is 22.5 Å². The summed E-state index contributed by atoms with van der Waals surface area (Å²) in [7, 11) is 1.92. The molecule has 4 heterocycles. The molecule has 1 aliphatic rings. The molecule has 1 fully saturated rings. The van der Waals surface area contributed by atoms with Crippen LogP contribution < -0.4 is 10.2 Å². The first-order valence-corrected chi connectivity index (χ1v) is 7.80. The molecule has 0 bridgehead atoms. The van der Waals surface area contributed by atoms with E-state index < -0.39 is 0 Å². The van der Waals surface area contributed by atoms with Crippen LogP contribution in [0, 0.1) is 0 Å². The average Bonchev–Trinajstić information content (AvgIpc) is 3.06. The van der Waals surface area contributed by atoms with E-state index in [4.69, 9.17) is 4.74 Å². The van der Waals surface area contributed by atoms with Gasteiger partial charge in [0.15, 0.2) is 0 Å². The van der Waals surface area contributed by atoms with Gasteiger partial charge in [0.25, 0.3) is 0 Å². The number of morpholine rings is 1. The number of ether oxygens (including phenoxy) is 1. The third-order valence-corrected chi connectivity index (χ3v) is 4.24. The lowest BCUT2D eigenvalue weighted by molar-refractivity contribution is 0.122. The number of H-pyrrole nitrogens is 1. The lowest BCUT2D eigenvalue weighted by atomic mass is 10.0. The third-order valence-electron chi connectivity index (χ3n) is 4.24. The topological polar surface area (TPSA) is 66.1 Å². The fourth-order valence-electron chi connectivity index (χ4n) is 3.02. The molecule has 4 rings (SSSR count). The van der Waals surface area contributed by atoms with Crippen molar-refractivity contribution in [3.8, 4) is 11.1 Å². The van der Waals surface area contributed by atoms with Crippen LogP contribution in [0.4, 0.5) is 11.5 Å². The number of hydrogen-bond donors (Lipinski definition) is 2. The van der Waals surface area contributed by atoms with Gasteiger partial charge in [-0.25, -0.2) is 9.97 Å². The van der Waals surface area contributed by atoms with E-state index in [0.717, 1.165) is 60.0 Å². The molecule has 1 aliphatic heterocycles. The predicted octanol–water partition coefficient (Wildman–Crippen LogP) is 2.50. The average molecular weight is 309 g/mol. The normalized spacial score (nSPS) is 15.1. The number of nitrogens with one attached hydrogen (secondary N) is 2. The molecule has 6 heteroatoms. The Labute approximate surface area is 134 Å². The highest BCUT2D eigenvalue weighted by atomic mass is 16.5. The van der Waals surface area contributed by atoms with Gasteiger partial charge in [-0.2, -0.15) is 0 Å². The number of aromatic nitrogens is 3. The van der Waals surface area contributed by atoms with Crippen LogP contribution in [0.3, 0.4) is 0 Å². The second-order valence-electron chi connectivity index (χ2n) is 5.54. The molecule has 118 valence electrons. The molecule has 0 amide bonds. The van der Waals surface area contributed by atoms with Crippen molar-refractivity contribution in [1.82, 2.24) is 15.0 Å². The van der Waals surface area contributed by atoms with Crippen molar-refractivity contribution in [2.45, 2.75) is 0 Å². The summed E-state index contributed by atoms with van der Waals surface area (Å²) in [6.07, 6.45) is 5.70. The summed E-state index contributed by atoms with van der Waals surface area (Å²) >= 11 is 0. The van der Waals surface area contributed by atoms with Crippen LogP contribution in [0.2, 0.25) is 0 Å². The minimum Gasteiger partial charge on any atom is -0.386 e. The fraction of sp³-hybridized carbons (Fsp3) is 0.294. The number of aromatic amines is 1. The number of hydrogen-bond acceptors (Lipinski definition) is 5. The van der Waals surface area contributed by atoms with Gasteiger partial charge in [0.05, 0.1) is 18.9 Å². The van der Waals surface area contributed by atoms with Crippen LogP contribution in [0.15, 0.2) is 36.8 Å². The molecule has 3 aromatic heterocycles. The first kappa shape index (κ1) is 14.0. The Bertz CT molecular complexity index is 805. The van der Waals surface area contributed by atoms with Crippen molar-refractivity contribution in [3.63, 3.8) is 0 Å². The predicted molar refractivity (Wildman–Crippen MR) is 91.9 cm³/mol. The smallest absolute Gasteiger partial charge is 0.140 e. The molecule has 0 aromatic carbocycles. The van der Waals surface area contributed by atoms with Gasteiger partial charge < -0.3 is 19.9 Å². The van der Waals surface area contributed by atoms with Crippen LogP contribution in [0.1, 0.15) is 0 Å².